The van der Waals surface area contributed by atoms with E-state index in [1.165, 1.54) is 18.2 Å². The normalized spacial score (nSPS) is 25.1. The Balaban J connectivity index is 1.29. The first-order valence-corrected chi connectivity index (χ1v) is 11.8. The van der Waals surface area contributed by atoms with Crippen molar-refractivity contribution in [1.82, 2.24) is 4.90 Å². The summed E-state index contributed by atoms with van der Waals surface area (Å²) >= 11 is 0. The first-order valence-electron chi connectivity index (χ1n) is 11.8. The van der Waals surface area contributed by atoms with E-state index in [0.29, 0.717) is 25.2 Å². The zero-order valence-corrected chi connectivity index (χ0v) is 19.2. The fourth-order valence-corrected chi connectivity index (χ4v) is 5.33. The summed E-state index contributed by atoms with van der Waals surface area (Å²) in [6.45, 7) is 1.11. The van der Waals surface area contributed by atoms with Gasteiger partial charge in [-0.2, -0.15) is 0 Å². The van der Waals surface area contributed by atoms with Crippen LogP contribution in [-0.4, -0.2) is 67.0 Å². The first kappa shape index (κ1) is 22.8. The number of anilines is 1. The zero-order valence-electron chi connectivity index (χ0n) is 19.2. The van der Waals surface area contributed by atoms with Crippen molar-refractivity contribution in [1.29, 1.82) is 0 Å². The van der Waals surface area contributed by atoms with Gasteiger partial charge in [-0.25, -0.2) is 0 Å². The average Bonchev–Trinajstić information content (AvgIpc) is 3.21. The van der Waals surface area contributed by atoms with Gasteiger partial charge in [0.25, 0.3) is 0 Å². The Kier molecular flexibility index (Phi) is 6.54. The number of carbonyl (C=O) groups excluding carboxylic acids is 2. The van der Waals surface area contributed by atoms with Crippen LogP contribution < -0.4 is 10.1 Å². The van der Waals surface area contributed by atoms with Crippen LogP contribution in [0.25, 0.3) is 0 Å². The second-order valence-corrected chi connectivity index (χ2v) is 9.18. The van der Waals surface area contributed by atoms with Gasteiger partial charge in [0.1, 0.15) is 24.6 Å². The Bertz CT molecular complexity index is 1070. The number of methoxy groups -OCH3 is 1. The molecular weight excluding hydrogens is 436 g/mol. The van der Waals surface area contributed by atoms with E-state index in [2.05, 4.69) is 17.4 Å². The third-order valence-corrected chi connectivity index (χ3v) is 6.94. The average molecular weight is 467 g/mol. The van der Waals surface area contributed by atoms with Crippen molar-refractivity contribution in [3.8, 4) is 5.75 Å². The molecule has 3 aliphatic rings. The van der Waals surface area contributed by atoms with Gasteiger partial charge < -0.3 is 29.5 Å². The summed E-state index contributed by atoms with van der Waals surface area (Å²) in [5.74, 6) is 0.528. The van der Waals surface area contributed by atoms with Crippen molar-refractivity contribution in [2.45, 2.75) is 50.0 Å². The molecule has 0 aromatic heterocycles. The molecule has 5 rings (SSSR count). The molecule has 3 aliphatic heterocycles. The van der Waals surface area contributed by atoms with Crippen molar-refractivity contribution in [2.75, 3.05) is 32.2 Å². The number of ether oxygens (including phenoxy) is 3. The van der Waals surface area contributed by atoms with Crippen LogP contribution in [0.1, 0.15) is 35.4 Å². The van der Waals surface area contributed by atoms with E-state index in [-0.39, 0.29) is 49.6 Å². The maximum Gasteiger partial charge on any atom is 0.250 e. The molecule has 2 N–H and O–H groups in total. The van der Waals surface area contributed by atoms with Gasteiger partial charge in [-0.05, 0) is 42.2 Å². The van der Waals surface area contributed by atoms with E-state index in [1.807, 2.05) is 29.2 Å². The summed E-state index contributed by atoms with van der Waals surface area (Å²) in [7, 11) is 1.47. The maximum atomic E-state index is 13.1. The van der Waals surface area contributed by atoms with Gasteiger partial charge in [-0.3, -0.25) is 9.59 Å². The molecule has 4 atom stereocenters. The zero-order chi connectivity index (χ0) is 23.7. The molecule has 1 fully saturated rings. The van der Waals surface area contributed by atoms with E-state index in [1.54, 1.807) is 6.07 Å². The number of benzene rings is 2. The molecule has 0 saturated carbocycles. The van der Waals surface area contributed by atoms with Gasteiger partial charge in [-0.15, -0.1) is 0 Å². The lowest BCUT2D eigenvalue weighted by Crippen LogP contribution is -2.48. The molecule has 180 valence electrons. The Hall–Kier alpha value is -2.94. The number of hydrogen-bond acceptors (Lipinski definition) is 6. The van der Waals surface area contributed by atoms with Crippen LogP contribution in [0.4, 0.5) is 5.69 Å². The Labute approximate surface area is 198 Å². The summed E-state index contributed by atoms with van der Waals surface area (Å²) in [5, 5.41) is 12.8. The molecular formula is C26H30N2O6. The minimum Gasteiger partial charge on any atom is -0.487 e. The minimum absolute atomic E-state index is 0.0226. The van der Waals surface area contributed by atoms with E-state index in [4.69, 9.17) is 14.2 Å². The van der Waals surface area contributed by atoms with E-state index < -0.39 is 6.10 Å². The first-order chi connectivity index (χ1) is 16.6. The fraction of sp³-hybridized carbons (Fsp3) is 0.462. The number of carbonyl (C=O) groups is 2. The quantitative estimate of drug-likeness (QED) is 0.678. The van der Waals surface area contributed by atoms with Crippen molar-refractivity contribution < 1.29 is 28.9 Å². The molecule has 2 aromatic rings. The number of nitrogens with one attached hydrogen (secondary N) is 1. The number of amides is 2. The van der Waals surface area contributed by atoms with Crippen LogP contribution in [0.2, 0.25) is 0 Å². The van der Waals surface area contributed by atoms with Gasteiger partial charge in [0, 0.05) is 37.4 Å². The third kappa shape index (κ3) is 4.53. The monoisotopic (exact) mass is 466 g/mol. The predicted molar refractivity (Wildman–Crippen MR) is 125 cm³/mol. The standard InChI is InChI=1S/C26H30N2O6/c1-32-15-24(30)27-18-6-7-22-20(10-18)21-11-19(33-23(14-29)26(21)34-22)12-25(31)28-9-8-16-4-2-3-5-17(16)13-28/h2-7,10,19,21,23,26,29H,8-9,11-15H2,1H3,(H,27,30)/t19-,21-,23+,26+/m0/s1. The van der Waals surface area contributed by atoms with Crippen LogP contribution in [0.15, 0.2) is 42.5 Å². The lowest BCUT2D eigenvalue weighted by molar-refractivity contribution is -0.149. The summed E-state index contributed by atoms with van der Waals surface area (Å²) < 4.78 is 17.1. The third-order valence-electron chi connectivity index (χ3n) is 6.94. The maximum absolute atomic E-state index is 13.1. The van der Waals surface area contributed by atoms with Crippen LogP contribution in [0.3, 0.4) is 0 Å². The van der Waals surface area contributed by atoms with E-state index in [0.717, 1.165) is 17.7 Å². The number of fused-ring (bicyclic) bond motifs is 4. The lowest BCUT2D eigenvalue weighted by atomic mass is 9.84. The Morgan fingerprint density at radius 1 is 1.21 bits per heavy atom. The van der Waals surface area contributed by atoms with Crippen LogP contribution in [0, 0.1) is 0 Å². The predicted octanol–water partition coefficient (Wildman–Crippen LogP) is 2.24. The van der Waals surface area contributed by atoms with Gasteiger partial charge >= 0.3 is 0 Å². The highest BCUT2D eigenvalue weighted by Crippen LogP contribution is 2.47. The SMILES string of the molecule is COCC(=O)Nc1ccc2c(c1)[C@@H]1C[C@@H](CC(=O)N3CCc4ccccc4C3)O[C@H](CO)[C@@H]1O2. The molecule has 2 amide bonds. The molecule has 2 aromatic carbocycles. The lowest BCUT2D eigenvalue weighted by Gasteiger charge is -2.38. The molecule has 0 unspecified atom stereocenters. The van der Waals surface area contributed by atoms with Gasteiger partial charge in [-0.1, -0.05) is 24.3 Å². The minimum atomic E-state index is -0.516. The van der Waals surface area contributed by atoms with Crippen LogP contribution in [-0.2, 0) is 32.0 Å². The number of aliphatic hydroxyl groups is 1. The van der Waals surface area contributed by atoms with Gasteiger partial charge in [0.05, 0.1) is 19.1 Å². The summed E-state index contributed by atoms with van der Waals surface area (Å²) in [6, 6.07) is 13.8. The molecule has 0 bridgehead atoms. The molecule has 0 spiro atoms. The summed E-state index contributed by atoms with van der Waals surface area (Å²) in [4.78, 5) is 27.0. The highest BCUT2D eigenvalue weighted by molar-refractivity contribution is 5.92. The molecule has 1 saturated heterocycles. The second kappa shape index (κ2) is 9.74. The van der Waals surface area contributed by atoms with Crippen LogP contribution in [0.5, 0.6) is 5.75 Å². The second-order valence-electron chi connectivity index (χ2n) is 9.18. The number of rotatable bonds is 6. The highest BCUT2D eigenvalue weighted by atomic mass is 16.6. The topological polar surface area (TPSA) is 97.3 Å². The fourth-order valence-electron chi connectivity index (χ4n) is 5.33. The van der Waals surface area contributed by atoms with Gasteiger partial charge in [0.15, 0.2) is 0 Å². The van der Waals surface area contributed by atoms with Gasteiger partial charge in [0.2, 0.25) is 11.8 Å². The molecule has 3 heterocycles. The van der Waals surface area contributed by atoms with Crippen molar-refractivity contribution in [3.05, 3.63) is 59.2 Å². The van der Waals surface area contributed by atoms with E-state index >= 15 is 0 Å². The molecule has 0 radical (unpaired) electrons. The largest absolute Gasteiger partial charge is 0.487 e. The van der Waals surface area contributed by atoms with Crippen LogP contribution >= 0.6 is 0 Å². The highest BCUT2D eigenvalue weighted by Gasteiger charge is 2.46. The van der Waals surface area contributed by atoms with Crippen molar-refractivity contribution in [3.63, 3.8) is 0 Å². The summed E-state index contributed by atoms with van der Waals surface area (Å²) in [5.41, 5.74) is 4.13. The number of aliphatic hydroxyl groups excluding tert-OH is 1. The number of hydrogen-bond donors (Lipinski definition) is 2. The molecule has 0 aliphatic carbocycles. The Morgan fingerprint density at radius 2 is 2.03 bits per heavy atom. The smallest absolute Gasteiger partial charge is 0.250 e. The Morgan fingerprint density at radius 3 is 2.82 bits per heavy atom. The van der Waals surface area contributed by atoms with Crippen molar-refractivity contribution >= 4 is 17.5 Å². The summed E-state index contributed by atoms with van der Waals surface area (Å²) in [6.07, 6.45) is 0.581. The molecule has 34 heavy (non-hydrogen) atoms. The van der Waals surface area contributed by atoms with Crippen molar-refractivity contribution in [2.24, 2.45) is 0 Å². The molecule has 8 nitrogen and oxygen atoms in total. The van der Waals surface area contributed by atoms with E-state index in [9.17, 15) is 14.7 Å². The molecule has 8 heteroatoms. The number of nitrogens with zero attached hydrogens (tertiary/aromatic N) is 1.